The number of hydrazone groups is 2. The summed E-state index contributed by atoms with van der Waals surface area (Å²) in [6.07, 6.45) is 9.65. The molecule has 0 aromatic carbocycles. The smallest absolute Gasteiger partial charge is 0.240 e. The van der Waals surface area contributed by atoms with Crippen molar-refractivity contribution in [2.24, 2.45) is 10.2 Å². The molecule has 0 fully saturated rings. The third-order valence-electron chi connectivity index (χ3n) is 3.34. The van der Waals surface area contributed by atoms with Gasteiger partial charge in [-0.15, -0.1) is 0 Å². The molecule has 8 heteroatoms. The van der Waals surface area contributed by atoms with Crippen molar-refractivity contribution in [1.29, 1.82) is 0 Å². The van der Waals surface area contributed by atoms with Gasteiger partial charge in [0.15, 0.2) is 0 Å². The summed E-state index contributed by atoms with van der Waals surface area (Å²) in [7, 11) is 0. The van der Waals surface area contributed by atoms with Gasteiger partial charge in [0.05, 0.1) is 23.8 Å². The summed E-state index contributed by atoms with van der Waals surface area (Å²) < 4.78 is 0. The number of aromatic amines is 2. The molecule has 2 amide bonds. The maximum Gasteiger partial charge on any atom is 0.240 e. The molecule has 2 aromatic heterocycles. The van der Waals surface area contributed by atoms with Gasteiger partial charge in [0.25, 0.3) is 0 Å². The van der Waals surface area contributed by atoms with E-state index < -0.39 is 0 Å². The maximum atomic E-state index is 11.6. The van der Waals surface area contributed by atoms with E-state index in [4.69, 9.17) is 0 Å². The summed E-state index contributed by atoms with van der Waals surface area (Å²) in [6, 6.07) is 7.40. The Bertz CT molecular complexity index is 629. The van der Waals surface area contributed by atoms with E-state index in [0.717, 1.165) is 17.8 Å². The standard InChI is InChI=1S/C17H22N6O2/c24-16(22-20-12-14-6-4-10-18-14)8-2-1-3-9-17(25)23-21-13-15-7-5-11-19-15/h4-7,10-13,18-19H,1-3,8-9H2,(H,22,24)(H,23,25). The highest BCUT2D eigenvalue weighted by Crippen LogP contribution is 2.03. The third-order valence-corrected chi connectivity index (χ3v) is 3.34. The van der Waals surface area contributed by atoms with E-state index in [2.05, 4.69) is 31.0 Å². The molecule has 8 nitrogen and oxygen atoms in total. The van der Waals surface area contributed by atoms with Gasteiger partial charge in [0.2, 0.25) is 11.8 Å². The lowest BCUT2D eigenvalue weighted by atomic mass is 10.1. The monoisotopic (exact) mass is 342 g/mol. The topological polar surface area (TPSA) is 114 Å². The van der Waals surface area contributed by atoms with E-state index in [1.165, 1.54) is 0 Å². The van der Waals surface area contributed by atoms with E-state index in [-0.39, 0.29) is 11.8 Å². The molecule has 4 N–H and O–H groups in total. The van der Waals surface area contributed by atoms with Crippen molar-refractivity contribution < 1.29 is 9.59 Å². The second-order valence-electron chi connectivity index (χ2n) is 5.40. The molecule has 132 valence electrons. The molecule has 0 aliphatic rings. The van der Waals surface area contributed by atoms with Gasteiger partial charge in [-0.1, -0.05) is 6.42 Å². The van der Waals surface area contributed by atoms with Crippen LogP contribution in [-0.2, 0) is 9.59 Å². The fourth-order valence-corrected chi connectivity index (χ4v) is 2.06. The minimum atomic E-state index is -0.136. The van der Waals surface area contributed by atoms with Crippen LogP contribution in [0.25, 0.3) is 0 Å². The van der Waals surface area contributed by atoms with Gasteiger partial charge in [-0.2, -0.15) is 10.2 Å². The highest BCUT2D eigenvalue weighted by molar-refractivity contribution is 5.81. The number of carbonyl (C=O) groups is 2. The minimum Gasteiger partial charge on any atom is -0.360 e. The van der Waals surface area contributed by atoms with Gasteiger partial charge in [-0.3, -0.25) is 9.59 Å². The van der Waals surface area contributed by atoms with Gasteiger partial charge in [-0.05, 0) is 37.1 Å². The number of aromatic nitrogens is 2. The summed E-state index contributed by atoms with van der Waals surface area (Å²) >= 11 is 0. The first-order valence-corrected chi connectivity index (χ1v) is 8.14. The summed E-state index contributed by atoms with van der Waals surface area (Å²) in [5.41, 5.74) is 6.59. The second-order valence-corrected chi connectivity index (χ2v) is 5.40. The second kappa shape index (κ2) is 10.6. The molecule has 0 bridgehead atoms. The Balaban J connectivity index is 1.48. The number of hydrogen-bond donors (Lipinski definition) is 4. The van der Waals surface area contributed by atoms with Crippen LogP contribution in [0.2, 0.25) is 0 Å². The quantitative estimate of drug-likeness (QED) is 0.300. The summed E-state index contributed by atoms with van der Waals surface area (Å²) in [4.78, 5) is 29.1. The minimum absolute atomic E-state index is 0.136. The van der Waals surface area contributed by atoms with Crippen molar-refractivity contribution in [1.82, 2.24) is 20.8 Å². The number of rotatable bonds is 10. The summed E-state index contributed by atoms with van der Waals surface area (Å²) in [5.74, 6) is -0.273. The first-order chi connectivity index (χ1) is 12.2. The van der Waals surface area contributed by atoms with Crippen LogP contribution in [0.1, 0.15) is 43.5 Å². The molecule has 2 heterocycles. The third kappa shape index (κ3) is 7.78. The highest BCUT2D eigenvalue weighted by Gasteiger charge is 2.02. The normalized spacial score (nSPS) is 11.2. The van der Waals surface area contributed by atoms with Crippen molar-refractivity contribution >= 4 is 24.2 Å². The molecule has 0 unspecified atom stereocenters. The first-order valence-electron chi connectivity index (χ1n) is 8.14. The van der Waals surface area contributed by atoms with Crippen LogP contribution < -0.4 is 10.9 Å². The van der Waals surface area contributed by atoms with Crippen LogP contribution in [0.3, 0.4) is 0 Å². The molecule has 0 spiro atoms. The predicted octanol–water partition coefficient (Wildman–Crippen LogP) is 1.89. The van der Waals surface area contributed by atoms with E-state index in [1.54, 1.807) is 24.8 Å². The zero-order valence-electron chi connectivity index (χ0n) is 13.9. The van der Waals surface area contributed by atoms with E-state index >= 15 is 0 Å². The molecule has 0 aliphatic heterocycles. The molecule has 2 rings (SSSR count). The van der Waals surface area contributed by atoms with Gasteiger partial charge in [0.1, 0.15) is 0 Å². The molecule has 0 aliphatic carbocycles. The SMILES string of the molecule is O=C(CCCCCC(=O)NN=Cc1ccc[nH]1)NN=Cc1ccc[nH]1. The molecule has 25 heavy (non-hydrogen) atoms. The lowest BCUT2D eigenvalue weighted by Gasteiger charge is -2.01. The van der Waals surface area contributed by atoms with Crippen LogP contribution in [0.4, 0.5) is 0 Å². The van der Waals surface area contributed by atoms with Crippen molar-refractivity contribution in [2.75, 3.05) is 0 Å². The number of H-pyrrole nitrogens is 2. The van der Waals surface area contributed by atoms with Gasteiger partial charge in [-0.25, -0.2) is 10.9 Å². The predicted molar refractivity (Wildman–Crippen MR) is 96.1 cm³/mol. The Labute approximate surface area is 145 Å². The Morgan fingerprint density at radius 2 is 1.32 bits per heavy atom. The lowest BCUT2D eigenvalue weighted by Crippen LogP contribution is -2.18. The van der Waals surface area contributed by atoms with Crippen LogP contribution in [-0.4, -0.2) is 34.2 Å². The zero-order chi connectivity index (χ0) is 17.7. The first kappa shape index (κ1) is 18.2. The number of unbranched alkanes of at least 4 members (excludes halogenated alkanes) is 2. The molecular formula is C17H22N6O2. The Morgan fingerprint density at radius 3 is 1.72 bits per heavy atom. The number of nitrogens with one attached hydrogen (secondary N) is 4. The summed E-state index contributed by atoms with van der Waals surface area (Å²) in [5, 5.41) is 7.71. The number of nitrogens with zero attached hydrogens (tertiary/aromatic N) is 2. The largest absolute Gasteiger partial charge is 0.360 e. The lowest BCUT2D eigenvalue weighted by molar-refractivity contribution is -0.121. The van der Waals surface area contributed by atoms with E-state index in [0.29, 0.717) is 25.7 Å². The van der Waals surface area contributed by atoms with Crippen molar-refractivity contribution in [3.63, 3.8) is 0 Å². The average molecular weight is 342 g/mol. The maximum absolute atomic E-state index is 11.6. The molecule has 0 saturated heterocycles. The molecule has 2 aromatic rings. The number of hydrogen-bond acceptors (Lipinski definition) is 4. The van der Waals surface area contributed by atoms with Crippen molar-refractivity contribution in [2.45, 2.75) is 32.1 Å². The Hall–Kier alpha value is -3.16. The van der Waals surface area contributed by atoms with Crippen LogP contribution in [0, 0.1) is 0 Å². The average Bonchev–Trinajstić information content (AvgIpc) is 3.28. The molecule has 0 atom stereocenters. The Kier molecular flexibility index (Phi) is 7.70. The molecule has 0 saturated carbocycles. The zero-order valence-corrected chi connectivity index (χ0v) is 13.9. The van der Waals surface area contributed by atoms with Gasteiger partial charge < -0.3 is 9.97 Å². The van der Waals surface area contributed by atoms with Gasteiger partial charge in [0, 0.05) is 25.2 Å². The Morgan fingerprint density at radius 1 is 0.840 bits per heavy atom. The molecular weight excluding hydrogens is 320 g/mol. The van der Waals surface area contributed by atoms with Gasteiger partial charge >= 0.3 is 0 Å². The fourth-order valence-electron chi connectivity index (χ4n) is 2.06. The van der Waals surface area contributed by atoms with Crippen molar-refractivity contribution in [3.05, 3.63) is 48.0 Å². The van der Waals surface area contributed by atoms with Crippen LogP contribution in [0.15, 0.2) is 46.9 Å². The number of amides is 2. The van der Waals surface area contributed by atoms with Crippen LogP contribution in [0.5, 0.6) is 0 Å². The highest BCUT2D eigenvalue weighted by atomic mass is 16.2. The molecule has 0 radical (unpaired) electrons. The van der Waals surface area contributed by atoms with Crippen molar-refractivity contribution in [3.8, 4) is 0 Å². The fraction of sp³-hybridized carbons (Fsp3) is 0.294. The number of carbonyl (C=O) groups excluding carboxylic acids is 2. The van der Waals surface area contributed by atoms with E-state index in [1.807, 2.05) is 24.3 Å². The summed E-state index contributed by atoms with van der Waals surface area (Å²) in [6.45, 7) is 0. The van der Waals surface area contributed by atoms with Crippen LogP contribution >= 0.6 is 0 Å². The van der Waals surface area contributed by atoms with E-state index in [9.17, 15) is 9.59 Å².